The van der Waals surface area contributed by atoms with Gasteiger partial charge in [0.15, 0.2) is 0 Å². The second-order valence-electron chi connectivity index (χ2n) is 7.65. The van der Waals surface area contributed by atoms with Gasteiger partial charge in [0, 0.05) is 18.2 Å². The van der Waals surface area contributed by atoms with Crippen molar-refractivity contribution in [2.75, 3.05) is 13.1 Å². The van der Waals surface area contributed by atoms with E-state index in [0.29, 0.717) is 18.2 Å². The highest BCUT2D eigenvalue weighted by Gasteiger charge is 2.20. The van der Waals surface area contributed by atoms with E-state index in [1.165, 1.54) is 24.0 Å². The summed E-state index contributed by atoms with van der Waals surface area (Å²) in [7, 11) is 0. The maximum atomic E-state index is 12.3. The summed E-state index contributed by atoms with van der Waals surface area (Å²) < 4.78 is 0. The number of carbonyl (C=O) groups excluding carboxylic acids is 1. The molecule has 29 heavy (non-hydrogen) atoms. The smallest absolute Gasteiger partial charge is 0.251 e. The summed E-state index contributed by atoms with van der Waals surface area (Å²) >= 11 is 0. The highest BCUT2D eigenvalue weighted by Crippen LogP contribution is 2.30. The molecule has 1 unspecified atom stereocenters. The molecule has 0 heterocycles. The van der Waals surface area contributed by atoms with E-state index in [2.05, 4.69) is 47.0 Å². The van der Waals surface area contributed by atoms with Crippen LogP contribution in [0.1, 0.15) is 46.8 Å². The SMILES string of the molecule is O=C(NCCCCNC1CCc2ccccc21)c1ccc(-c2ccccc2)cc1. The average Bonchev–Trinajstić information content (AvgIpc) is 3.20. The van der Waals surface area contributed by atoms with Gasteiger partial charge in [0.25, 0.3) is 5.91 Å². The minimum absolute atomic E-state index is 0.00212. The summed E-state index contributed by atoms with van der Waals surface area (Å²) in [5, 5.41) is 6.70. The Labute approximate surface area is 173 Å². The summed E-state index contributed by atoms with van der Waals surface area (Å²) in [5.74, 6) is 0.00212. The van der Waals surface area contributed by atoms with Crippen molar-refractivity contribution in [1.29, 1.82) is 0 Å². The van der Waals surface area contributed by atoms with Crippen LogP contribution in [-0.2, 0) is 6.42 Å². The van der Waals surface area contributed by atoms with E-state index in [1.54, 1.807) is 0 Å². The molecule has 1 aliphatic rings. The lowest BCUT2D eigenvalue weighted by molar-refractivity contribution is 0.0953. The Morgan fingerprint density at radius 3 is 2.31 bits per heavy atom. The lowest BCUT2D eigenvalue weighted by Gasteiger charge is -2.14. The number of hydrogen-bond acceptors (Lipinski definition) is 2. The molecule has 0 spiro atoms. The van der Waals surface area contributed by atoms with Gasteiger partial charge in [-0.2, -0.15) is 0 Å². The highest BCUT2D eigenvalue weighted by molar-refractivity contribution is 5.94. The third-order valence-electron chi connectivity index (χ3n) is 5.67. The van der Waals surface area contributed by atoms with Gasteiger partial charge in [-0.25, -0.2) is 0 Å². The molecule has 0 bridgehead atoms. The lowest BCUT2D eigenvalue weighted by atomic mass is 10.0. The van der Waals surface area contributed by atoms with E-state index in [-0.39, 0.29) is 5.91 Å². The number of hydrogen-bond donors (Lipinski definition) is 2. The molecule has 3 aromatic rings. The van der Waals surface area contributed by atoms with E-state index in [0.717, 1.165) is 30.5 Å². The zero-order chi connectivity index (χ0) is 19.9. The van der Waals surface area contributed by atoms with Crippen molar-refractivity contribution in [2.45, 2.75) is 31.7 Å². The van der Waals surface area contributed by atoms with Crippen molar-refractivity contribution < 1.29 is 4.79 Å². The number of nitrogens with one attached hydrogen (secondary N) is 2. The molecule has 1 amide bonds. The van der Waals surface area contributed by atoms with Gasteiger partial charge in [-0.05, 0) is 66.6 Å². The standard InChI is InChI=1S/C26H28N2O/c29-26(23-14-12-21(13-15-23)20-8-2-1-3-9-20)28-19-7-6-18-27-25-17-16-22-10-4-5-11-24(22)25/h1-5,8-15,25,27H,6-7,16-19H2,(H,28,29). The van der Waals surface area contributed by atoms with Crippen LogP contribution in [0, 0.1) is 0 Å². The predicted molar refractivity (Wildman–Crippen MR) is 119 cm³/mol. The maximum absolute atomic E-state index is 12.3. The van der Waals surface area contributed by atoms with Crippen LogP contribution in [0.15, 0.2) is 78.9 Å². The van der Waals surface area contributed by atoms with Crippen LogP contribution in [0.4, 0.5) is 0 Å². The fourth-order valence-corrected chi connectivity index (χ4v) is 4.04. The Morgan fingerprint density at radius 1 is 0.793 bits per heavy atom. The summed E-state index contributed by atoms with van der Waals surface area (Å²) in [5.41, 5.74) is 5.94. The monoisotopic (exact) mass is 384 g/mol. The topological polar surface area (TPSA) is 41.1 Å². The molecular weight excluding hydrogens is 356 g/mol. The Bertz CT molecular complexity index is 934. The molecule has 3 nitrogen and oxygen atoms in total. The van der Waals surface area contributed by atoms with Crippen LogP contribution in [0.5, 0.6) is 0 Å². The first-order valence-corrected chi connectivity index (χ1v) is 10.6. The molecule has 0 aliphatic heterocycles. The van der Waals surface area contributed by atoms with Gasteiger partial charge in [0.1, 0.15) is 0 Å². The van der Waals surface area contributed by atoms with Crippen LogP contribution in [0.25, 0.3) is 11.1 Å². The zero-order valence-electron chi connectivity index (χ0n) is 16.7. The van der Waals surface area contributed by atoms with Gasteiger partial charge >= 0.3 is 0 Å². The molecule has 0 saturated heterocycles. The van der Waals surface area contributed by atoms with Gasteiger partial charge in [-0.3, -0.25) is 4.79 Å². The number of rotatable bonds is 8. The van der Waals surface area contributed by atoms with Gasteiger partial charge in [-0.1, -0.05) is 66.7 Å². The van der Waals surface area contributed by atoms with Crippen molar-refractivity contribution in [3.8, 4) is 11.1 Å². The number of benzene rings is 3. The third-order valence-corrected chi connectivity index (χ3v) is 5.67. The molecule has 1 aliphatic carbocycles. The summed E-state index contributed by atoms with van der Waals surface area (Å²) in [6.07, 6.45) is 4.41. The summed E-state index contributed by atoms with van der Waals surface area (Å²) in [6, 6.07) is 27.2. The molecule has 0 fully saturated rings. The van der Waals surface area contributed by atoms with Gasteiger partial charge in [0.2, 0.25) is 0 Å². The Morgan fingerprint density at radius 2 is 1.48 bits per heavy atom. The second kappa shape index (κ2) is 9.53. The Kier molecular flexibility index (Phi) is 6.38. The van der Waals surface area contributed by atoms with Crippen LogP contribution < -0.4 is 10.6 Å². The molecule has 0 saturated carbocycles. The van der Waals surface area contributed by atoms with E-state index in [9.17, 15) is 4.79 Å². The van der Waals surface area contributed by atoms with Gasteiger partial charge in [0.05, 0.1) is 0 Å². The minimum atomic E-state index is 0.00212. The van der Waals surface area contributed by atoms with Crippen LogP contribution in [0.3, 0.4) is 0 Å². The Balaban J connectivity index is 1.16. The fourth-order valence-electron chi connectivity index (χ4n) is 4.04. The molecule has 3 aromatic carbocycles. The molecule has 2 N–H and O–H groups in total. The van der Waals surface area contributed by atoms with Gasteiger partial charge < -0.3 is 10.6 Å². The number of amides is 1. The Hall–Kier alpha value is -2.91. The molecule has 0 aromatic heterocycles. The molecule has 0 radical (unpaired) electrons. The molecule has 4 rings (SSSR count). The van der Waals surface area contributed by atoms with Crippen LogP contribution in [0.2, 0.25) is 0 Å². The first-order chi connectivity index (χ1) is 14.3. The second-order valence-corrected chi connectivity index (χ2v) is 7.65. The zero-order valence-corrected chi connectivity index (χ0v) is 16.7. The normalized spacial score (nSPS) is 15.1. The molecule has 148 valence electrons. The van der Waals surface area contributed by atoms with E-state index < -0.39 is 0 Å². The van der Waals surface area contributed by atoms with Crippen molar-refractivity contribution in [1.82, 2.24) is 10.6 Å². The number of unbranched alkanes of at least 4 members (excludes halogenated alkanes) is 1. The van der Waals surface area contributed by atoms with E-state index >= 15 is 0 Å². The molecular formula is C26H28N2O. The minimum Gasteiger partial charge on any atom is -0.352 e. The van der Waals surface area contributed by atoms with Gasteiger partial charge in [-0.15, -0.1) is 0 Å². The quantitative estimate of drug-likeness (QED) is 0.528. The van der Waals surface area contributed by atoms with Crippen molar-refractivity contribution in [2.24, 2.45) is 0 Å². The van der Waals surface area contributed by atoms with Crippen LogP contribution in [-0.4, -0.2) is 19.0 Å². The van der Waals surface area contributed by atoms with Crippen LogP contribution >= 0.6 is 0 Å². The van der Waals surface area contributed by atoms with Crippen molar-refractivity contribution >= 4 is 5.91 Å². The first kappa shape index (κ1) is 19.4. The summed E-state index contributed by atoms with van der Waals surface area (Å²) in [4.78, 5) is 12.3. The predicted octanol–water partition coefficient (Wildman–Crippen LogP) is 5.14. The average molecular weight is 385 g/mol. The summed E-state index contributed by atoms with van der Waals surface area (Å²) in [6.45, 7) is 1.70. The highest BCUT2D eigenvalue weighted by atomic mass is 16.1. The van der Waals surface area contributed by atoms with E-state index in [1.807, 2.05) is 42.5 Å². The molecule has 1 atom stereocenters. The third kappa shape index (κ3) is 4.93. The van der Waals surface area contributed by atoms with E-state index in [4.69, 9.17) is 0 Å². The number of aryl methyl sites for hydroxylation is 1. The first-order valence-electron chi connectivity index (χ1n) is 10.6. The number of fused-ring (bicyclic) bond motifs is 1. The largest absolute Gasteiger partial charge is 0.352 e. The number of carbonyl (C=O) groups is 1. The van der Waals surface area contributed by atoms with Crippen molar-refractivity contribution in [3.63, 3.8) is 0 Å². The maximum Gasteiger partial charge on any atom is 0.251 e. The van der Waals surface area contributed by atoms with Crippen molar-refractivity contribution in [3.05, 3.63) is 95.6 Å². The molecule has 3 heteroatoms. The fraction of sp³-hybridized carbons (Fsp3) is 0.269. The lowest BCUT2D eigenvalue weighted by Crippen LogP contribution is -2.26.